The zero-order chi connectivity index (χ0) is 14.9. The van der Waals surface area contributed by atoms with E-state index in [2.05, 4.69) is 5.32 Å². The van der Waals surface area contributed by atoms with E-state index in [1.54, 1.807) is 0 Å². The smallest absolute Gasteiger partial charge is 0.257 e. The fraction of sp³-hybridized carbons (Fsp3) is 0. The van der Waals surface area contributed by atoms with Gasteiger partial charge in [-0.15, -0.1) is 0 Å². The first-order valence-electron chi connectivity index (χ1n) is 5.39. The highest BCUT2D eigenvalue weighted by Gasteiger charge is 2.15. The molecule has 3 N–H and O–H groups in total. The van der Waals surface area contributed by atoms with Crippen molar-refractivity contribution in [2.75, 3.05) is 11.1 Å². The summed E-state index contributed by atoms with van der Waals surface area (Å²) in [6.45, 7) is 0. The molecule has 0 saturated heterocycles. The molecule has 0 aliphatic carbocycles. The van der Waals surface area contributed by atoms with Gasteiger partial charge in [-0.2, -0.15) is 0 Å². The van der Waals surface area contributed by atoms with Crippen molar-refractivity contribution >= 4 is 28.9 Å². The number of carbonyl (C=O) groups is 1. The summed E-state index contributed by atoms with van der Waals surface area (Å²) in [5.41, 5.74) is 5.63. The molecule has 0 radical (unpaired) electrons. The van der Waals surface area contributed by atoms with Gasteiger partial charge in [-0.1, -0.05) is 11.6 Å². The summed E-state index contributed by atoms with van der Waals surface area (Å²) in [7, 11) is 0. The number of nitrogens with one attached hydrogen (secondary N) is 1. The van der Waals surface area contributed by atoms with Crippen molar-refractivity contribution in [3.63, 3.8) is 0 Å². The van der Waals surface area contributed by atoms with Crippen LogP contribution in [-0.2, 0) is 0 Å². The Labute approximate surface area is 117 Å². The van der Waals surface area contributed by atoms with Crippen LogP contribution >= 0.6 is 11.6 Å². The first kappa shape index (κ1) is 14.2. The Morgan fingerprint density at radius 1 is 1.10 bits per heavy atom. The molecule has 0 bridgehead atoms. The summed E-state index contributed by atoms with van der Waals surface area (Å²) in [5, 5.41) is 2.33. The van der Waals surface area contributed by atoms with Gasteiger partial charge in [-0.25, -0.2) is 13.2 Å². The van der Waals surface area contributed by atoms with Crippen molar-refractivity contribution in [2.45, 2.75) is 0 Å². The Balaban J connectivity index is 2.30. The number of nitrogen functional groups attached to an aromatic ring is 1. The molecule has 0 fully saturated rings. The van der Waals surface area contributed by atoms with E-state index in [9.17, 15) is 18.0 Å². The van der Waals surface area contributed by atoms with Crippen LogP contribution in [-0.4, -0.2) is 5.91 Å². The standard InChI is InChI=1S/C13H8ClF3N2O/c14-9-2-1-6(18)3-8(9)13(20)19-7-4-10(15)12(17)11(16)5-7/h1-5H,18H2,(H,19,20). The number of hydrogen-bond donors (Lipinski definition) is 2. The van der Waals surface area contributed by atoms with Gasteiger partial charge in [0.25, 0.3) is 5.91 Å². The number of carbonyl (C=O) groups excluding carboxylic acids is 1. The van der Waals surface area contributed by atoms with Crippen molar-refractivity contribution in [1.29, 1.82) is 0 Å². The lowest BCUT2D eigenvalue weighted by Gasteiger charge is -2.08. The molecule has 0 unspecified atom stereocenters. The maximum Gasteiger partial charge on any atom is 0.257 e. The van der Waals surface area contributed by atoms with Crippen LogP contribution in [0.2, 0.25) is 5.02 Å². The van der Waals surface area contributed by atoms with Crippen LogP contribution in [0.15, 0.2) is 30.3 Å². The molecule has 2 aromatic carbocycles. The second-order valence-electron chi connectivity index (χ2n) is 3.95. The number of nitrogens with two attached hydrogens (primary N) is 1. The lowest BCUT2D eigenvalue weighted by Crippen LogP contribution is -2.13. The van der Waals surface area contributed by atoms with Crippen molar-refractivity contribution in [2.24, 2.45) is 0 Å². The summed E-state index contributed by atoms with van der Waals surface area (Å²) >= 11 is 5.82. The quantitative estimate of drug-likeness (QED) is 0.658. The van der Waals surface area contributed by atoms with Gasteiger partial charge in [-0.05, 0) is 18.2 Å². The van der Waals surface area contributed by atoms with Crippen LogP contribution in [0.1, 0.15) is 10.4 Å². The van der Waals surface area contributed by atoms with Gasteiger partial charge in [0.15, 0.2) is 17.5 Å². The first-order valence-corrected chi connectivity index (χ1v) is 5.77. The molecule has 1 amide bonds. The SMILES string of the molecule is Nc1ccc(Cl)c(C(=O)Nc2cc(F)c(F)c(F)c2)c1. The third-order valence-corrected chi connectivity index (χ3v) is 2.81. The lowest BCUT2D eigenvalue weighted by atomic mass is 10.2. The Hall–Kier alpha value is -2.21. The number of anilines is 2. The van der Waals surface area contributed by atoms with Gasteiger partial charge >= 0.3 is 0 Å². The second kappa shape index (κ2) is 5.42. The van der Waals surface area contributed by atoms with Gasteiger partial charge in [0.05, 0.1) is 10.6 Å². The van der Waals surface area contributed by atoms with Gasteiger partial charge in [0, 0.05) is 23.5 Å². The monoisotopic (exact) mass is 300 g/mol. The van der Waals surface area contributed by atoms with E-state index >= 15 is 0 Å². The average molecular weight is 301 g/mol. The predicted molar refractivity (Wildman–Crippen MR) is 70.1 cm³/mol. The normalized spacial score (nSPS) is 10.4. The summed E-state index contributed by atoms with van der Waals surface area (Å²) in [6.07, 6.45) is 0. The summed E-state index contributed by atoms with van der Waals surface area (Å²) in [4.78, 5) is 11.9. The lowest BCUT2D eigenvalue weighted by molar-refractivity contribution is 0.102. The van der Waals surface area contributed by atoms with Crippen LogP contribution in [0.25, 0.3) is 0 Å². The highest BCUT2D eigenvalue weighted by Crippen LogP contribution is 2.22. The van der Waals surface area contributed by atoms with Crippen LogP contribution < -0.4 is 11.1 Å². The topological polar surface area (TPSA) is 55.1 Å². The van der Waals surface area contributed by atoms with E-state index in [0.717, 1.165) is 0 Å². The molecular formula is C13H8ClF3N2O. The van der Waals surface area contributed by atoms with Crippen molar-refractivity contribution in [3.8, 4) is 0 Å². The Kier molecular flexibility index (Phi) is 3.85. The fourth-order valence-corrected chi connectivity index (χ4v) is 1.75. The van der Waals surface area contributed by atoms with Gasteiger partial charge in [-0.3, -0.25) is 4.79 Å². The van der Waals surface area contributed by atoms with E-state index in [0.29, 0.717) is 17.8 Å². The number of hydrogen-bond acceptors (Lipinski definition) is 2. The van der Waals surface area contributed by atoms with Crippen LogP contribution in [0.4, 0.5) is 24.5 Å². The van der Waals surface area contributed by atoms with E-state index in [1.807, 2.05) is 0 Å². The minimum Gasteiger partial charge on any atom is -0.399 e. The van der Waals surface area contributed by atoms with E-state index in [4.69, 9.17) is 17.3 Å². The first-order chi connectivity index (χ1) is 9.38. The third kappa shape index (κ3) is 2.85. The largest absolute Gasteiger partial charge is 0.399 e. The minimum atomic E-state index is -1.61. The summed E-state index contributed by atoms with van der Waals surface area (Å²) < 4.78 is 38.8. The van der Waals surface area contributed by atoms with Crippen molar-refractivity contribution in [1.82, 2.24) is 0 Å². The molecule has 0 aliphatic rings. The van der Waals surface area contributed by atoms with Crippen LogP contribution in [0.5, 0.6) is 0 Å². The van der Waals surface area contributed by atoms with E-state index < -0.39 is 23.4 Å². The second-order valence-corrected chi connectivity index (χ2v) is 4.35. The zero-order valence-corrected chi connectivity index (χ0v) is 10.6. The van der Waals surface area contributed by atoms with E-state index in [-0.39, 0.29) is 16.3 Å². The third-order valence-electron chi connectivity index (χ3n) is 2.48. The zero-order valence-electron chi connectivity index (χ0n) is 9.88. The number of rotatable bonds is 2. The van der Waals surface area contributed by atoms with Crippen LogP contribution in [0, 0.1) is 17.5 Å². The molecule has 2 rings (SSSR count). The highest BCUT2D eigenvalue weighted by atomic mass is 35.5. The van der Waals surface area contributed by atoms with Gasteiger partial charge in [0.2, 0.25) is 0 Å². The Morgan fingerprint density at radius 2 is 1.70 bits per heavy atom. The van der Waals surface area contributed by atoms with Crippen LogP contribution in [0.3, 0.4) is 0 Å². The molecule has 7 heteroatoms. The number of halogens is 4. The predicted octanol–water partition coefficient (Wildman–Crippen LogP) is 3.59. The molecule has 0 saturated carbocycles. The molecule has 2 aromatic rings. The maximum atomic E-state index is 13.0. The molecule has 0 heterocycles. The minimum absolute atomic E-state index is 0.0387. The van der Waals surface area contributed by atoms with Gasteiger partial charge in [0.1, 0.15) is 0 Å². The van der Waals surface area contributed by atoms with E-state index in [1.165, 1.54) is 18.2 Å². The molecule has 3 nitrogen and oxygen atoms in total. The number of amides is 1. The summed E-state index contributed by atoms with van der Waals surface area (Å²) in [5.74, 6) is -5.13. The average Bonchev–Trinajstić information content (AvgIpc) is 2.38. The van der Waals surface area contributed by atoms with Crippen molar-refractivity contribution in [3.05, 3.63) is 58.4 Å². The molecule has 0 aliphatic heterocycles. The molecule has 0 aromatic heterocycles. The van der Waals surface area contributed by atoms with Crippen molar-refractivity contribution < 1.29 is 18.0 Å². The molecule has 104 valence electrons. The molecular weight excluding hydrogens is 293 g/mol. The van der Waals surface area contributed by atoms with Gasteiger partial charge < -0.3 is 11.1 Å². The molecule has 0 spiro atoms. The fourth-order valence-electron chi connectivity index (χ4n) is 1.54. The molecule has 0 atom stereocenters. The highest BCUT2D eigenvalue weighted by molar-refractivity contribution is 6.34. The number of benzene rings is 2. The Morgan fingerprint density at radius 3 is 2.30 bits per heavy atom. The maximum absolute atomic E-state index is 13.0. The summed E-state index contributed by atoms with van der Waals surface area (Å²) in [6, 6.07) is 5.55. The Bertz CT molecular complexity index is 668. The molecule has 20 heavy (non-hydrogen) atoms.